The minimum absolute atomic E-state index is 0.0545. The van der Waals surface area contributed by atoms with E-state index in [2.05, 4.69) is 53.3 Å². The number of rotatable bonds is 8. The molecule has 1 aliphatic heterocycles. The van der Waals surface area contributed by atoms with Crippen molar-refractivity contribution in [1.29, 1.82) is 0 Å². The van der Waals surface area contributed by atoms with Gasteiger partial charge in [-0.05, 0) is 61.9 Å². The van der Waals surface area contributed by atoms with E-state index in [1.54, 1.807) is 0 Å². The van der Waals surface area contributed by atoms with Gasteiger partial charge in [0.05, 0.1) is 18.6 Å². The first-order valence-corrected chi connectivity index (χ1v) is 12.9. The minimum Gasteiger partial charge on any atom is -0.491 e. The van der Waals surface area contributed by atoms with E-state index in [0.717, 1.165) is 36.3 Å². The summed E-state index contributed by atoms with van der Waals surface area (Å²) in [6, 6.07) is 16.2. The first kappa shape index (κ1) is 25.9. The Labute approximate surface area is 214 Å². The number of hydrogen-bond acceptors (Lipinski definition) is 6. The molecule has 1 saturated heterocycles. The van der Waals surface area contributed by atoms with Crippen LogP contribution in [0.4, 0.5) is 0 Å². The Balaban J connectivity index is 1.30. The van der Waals surface area contributed by atoms with Crippen LogP contribution < -0.4 is 10.1 Å². The zero-order valence-corrected chi connectivity index (χ0v) is 22.1. The second-order valence-corrected chi connectivity index (χ2v) is 10.9. The smallest absolute Gasteiger partial charge is 0.241 e. The fourth-order valence-electron chi connectivity index (χ4n) is 4.49. The maximum Gasteiger partial charge on any atom is 0.241 e. The number of nitrogens with zero attached hydrogens (tertiary/aromatic N) is 3. The quantitative estimate of drug-likeness (QED) is 0.459. The second kappa shape index (κ2) is 11.2. The average Bonchev–Trinajstić information content (AvgIpc) is 3.30. The number of likely N-dealkylation sites (tertiary alicyclic amines) is 1. The maximum absolute atomic E-state index is 12.9. The summed E-state index contributed by atoms with van der Waals surface area (Å²) in [6.07, 6.45) is 1.96. The van der Waals surface area contributed by atoms with Crippen molar-refractivity contribution in [2.24, 2.45) is 5.92 Å². The Kier molecular flexibility index (Phi) is 8.09. The van der Waals surface area contributed by atoms with E-state index >= 15 is 0 Å². The van der Waals surface area contributed by atoms with Gasteiger partial charge in [-0.1, -0.05) is 62.3 Å². The molecule has 2 aromatic carbocycles. The zero-order valence-electron chi connectivity index (χ0n) is 22.1. The Hall–Kier alpha value is -3.19. The molecule has 1 fully saturated rings. The van der Waals surface area contributed by atoms with Crippen LogP contribution in [-0.4, -0.2) is 40.1 Å². The summed E-state index contributed by atoms with van der Waals surface area (Å²) in [7, 11) is 0. The second-order valence-electron chi connectivity index (χ2n) is 10.9. The van der Waals surface area contributed by atoms with E-state index in [0.29, 0.717) is 31.3 Å². The highest BCUT2D eigenvalue weighted by molar-refractivity contribution is 5.79. The molecule has 36 heavy (non-hydrogen) atoms. The number of piperidine rings is 1. The number of amides is 1. The van der Waals surface area contributed by atoms with Crippen molar-refractivity contribution in [3.8, 4) is 17.1 Å². The van der Waals surface area contributed by atoms with Crippen LogP contribution >= 0.6 is 0 Å². The van der Waals surface area contributed by atoms with E-state index < -0.39 is 0 Å². The van der Waals surface area contributed by atoms with E-state index in [1.807, 2.05) is 50.2 Å². The predicted octanol–water partition coefficient (Wildman–Crippen LogP) is 5.35. The molecule has 1 amide bonds. The number of ether oxygens (including phenoxy) is 1. The third kappa shape index (κ3) is 6.94. The lowest BCUT2D eigenvalue weighted by molar-refractivity contribution is -0.127. The molecule has 1 unspecified atom stereocenters. The van der Waals surface area contributed by atoms with Crippen molar-refractivity contribution < 1.29 is 14.1 Å². The van der Waals surface area contributed by atoms with Crippen molar-refractivity contribution in [2.75, 3.05) is 13.1 Å². The first-order valence-electron chi connectivity index (χ1n) is 12.9. The lowest BCUT2D eigenvalue weighted by Crippen LogP contribution is -2.42. The van der Waals surface area contributed by atoms with Crippen LogP contribution in [-0.2, 0) is 23.3 Å². The fraction of sp³-hybridized carbons (Fsp3) is 0.483. The topological polar surface area (TPSA) is 80.5 Å². The van der Waals surface area contributed by atoms with Crippen molar-refractivity contribution in [3.05, 3.63) is 65.5 Å². The van der Waals surface area contributed by atoms with Crippen molar-refractivity contribution in [1.82, 2.24) is 20.4 Å². The summed E-state index contributed by atoms with van der Waals surface area (Å²) in [5.41, 5.74) is 3.34. The summed E-state index contributed by atoms with van der Waals surface area (Å²) in [6.45, 7) is 13.2. The van der Waals surface area contributed by atoms with Gasteiger partial charge in [0.15, 0.2) is 0 Å². The van der Waals surface area contributed by atoms with Crippen LogP contribution in [0.25, 0.3) is 11.4 Å². The molecule has 7 heteroatoms. The largest absolute Gasteiger partial charge is 0.491 e. The first-order chi connectivity index (χ1) is 17.2. The van der Waals surface area contributed by atoms with E-state index in [-0.39, 0.29) is 23.3 Å². The standard InChI is InChI=1S/C29H38N4O3/c1-20(2)35-25-10-6-8-21(16-25)17-30-28(34)23-9-7-15-33(18-23)19-26-31-27(32-36-26)22-11-13-24(14-12-22)29(3,4)5/h6,8,10-14,16,20,23H,7,9,15,17-19H2,1-5H3,(H,30,34). The highest BCUT2D eigenvalue weighted by Gasteiger charge is 2.27. The van der Waals surface area contributed by atoms with Crippen LogP contribution in [0.1, 0.15) is 64.5 Å². The maximum atomic E-state index is 12.9. The molecule has 4 rings (SSSR count). The SMILES string of the molecule is CC(C)Oc1cccc(CNC(=O)C2CCCN(Cc3nc(-c4ccc(C(C)(C)C)cc4)no3)C2)c1. The van der Waals surface area contributed by atoms with Gasteiger partial charge < -0.3 is 14.6 Å². The molecule has 1 aliphatic rings. The van der Waals surface area contributed by atoms with Gasteiger partial charge in [-0.3, -0.25) is 9.69 Å². The molecular weight excluding hydrogens is 452 g/mol. The lowest BCUT2D eigenvalue weighted by atomic mass is 9.87. The Morgan fingerprint density at radius 1 is 1.19 bits per heavy atom. The summed E-state index contributed by atoms with van der Waals surface area (Å²) >= 11 is 0. The third-order valence-electron chi connectivity index (χ3n) is 6.45. The fourth-order valence-corrected chi connectivity index (χ4v) is 4.49. The molecule has 1 atom stereocenters. The molecule has 0 radical (unpaired) electrons. The number of carbonyl (C=O) groups excluding carboxylic acids is 1. The Morgan fingerprint density at radius 3 is 2.69 bits per heavy atom. The van der Waals surface area contributed by atoms with Gasteiger partial charge >= 0.3 is 0 Å². The summed E-state index contributed by atoms with van der Waals surface area (Å²) in [5, 5.41) is 7.29. The molecule has 0 saturated carbocycles. The van der Waals surface area contributed by atoms with Crippen LogP contribution in [0.3, 0.4) is 0 Å². The molecule has 3 aromatic rings. The van der Waals surface area contributed by atoms with Crippen LogP contribution in [0, 0.1) is 5.92 Å². The van der Waals surface area contributed by atoms with Gasteiger partial charge in [-0.2, -0.15) is 4.98 Å². The molecule has 0 bridgehead atoms. The van der Waals surface area contributed by atoms with Gasteiger partial charge in [0.1, 0.15) is 5.75 Å². The van der Waals surface area contributed by atoms with E-state index in [4.69, 9.17) is 9.26 Å². The summed E-state index contributed by atoms with van der Waals surface area (Å²) < 4.78 is 11.3. The van der Waals surface area contributed by atoms with E-state index in [1.165, 1.54) is 5.56 Å². The molecule has 0 spiro atoms. The summed E-state index contributed by atoms with van der Waals surface area (Å²) in [5.74, 6) is 2.03. The molecule has 1 aromatic heterocycles. The molecule has 192 valence electrons. The van der Waals surface area contributed by atoms with Gasteiger partial charge in [-0.15, -0.1) is 0 Å². The number of nitrogens with one attached hydrogen (secondary N) is 1. The number of hydrogen-bond donors (Lipinski definition) is 1. The number of benzene rings is 2. The Bertz CT molecular complexity index is 1150. The lowest BCUT2D eigenvalue weighted by Gasteiger charge is -2.30. The number of aromatic nitrogens is 2. The van der Waals surface area contributed by atoms with Crippen molar-refractivity contribution in [3.63, 3.8) is 0 Å². The highest BCUT2D eigenvalue weighted by atomic mass is 16.5. The minimum atomic E-state index is -0.0545. The number of carbonyl (C=O) groups is 1. The molecule has 2 heterocycles. The molecule has 7 nitrogen and oxygen atoms in total. The average molecular weight is 491 g/mol. The van der Waals surface area contributed by atoms with Gasteiger partial charge in [-0.25, -0.2) is 0 Å². The monoisotopic (exact) mass is 490 g/mol. The van der Waals surface area contributed by atoms with Crippen molar-refractivity contribution >= 4 is 5.91 Å². The van der Waals surface area contributed by atoms with Crippen LogP contribution in [0.5, 0.6) is 5.75 Å². The predicted molar refractivity (Wildman–Crippen MR) is 140 cm³/mol. The Morgan fingerprint density at radius 2 is 1.97 bits per heavy atom. The molecule has 1 N–H and O–H groups in total. The normalized spacial score (nSPS) is 16.8. The molecular formula is C29H38N4O3. The van der Waals surface area contributed by atoms with Gasteiger partial charge in [0, 0.05) is 18.7 Å². The van der Waals surface area contributed by atoms with Crippen LogP contribution in [0.2, 0.25) is 0 Å². The van der Waals surface area contributed by atoms with Crippen LogP contribution in [0.15, 0.2) is 53.1 Å². The van der Waals surface area contributed by atoms with Crippen molar-refractivity contribution in [2.45, 2.75) is 72.1 Å². The highest BCUT2D eigenvalue weighted by Crippen LogP contribution is 2.25. The van der Waals surface area contributed by atoms with E-state index in [9.17, 15) is 4.79 Å². The molecule has 0 aliphatic carbocycles. The van der Waals surface area contributed by atoms with Gasteiger partial charge in [0.25, 0.3) is 0 Å². The van der Waals surface area contributed by atoms with Gasteiger partial charge in [0.2, 0.25) is 17.6 Å². The third-order valence-corrected chi connectivity index (χ3v) is 6.45. The zero-order chi connectivity index (χ0) is 25.7. The summed E-state index contributed by atoms with van der Waals surface area (Å²) in [4.78, 5) is 19.7.